The quantitative estimate of drug-likeness (QED) is 0.576. The molecule has 1 saturated heterocycles. The molecule has 1 aromatic rings. The lowest BCUT2D eigenvalue weighted by molar-refractivity contribution is -0.132. The molecular formula is C16H21F3N4O2S. The summed E-state index contributed by atoms with van der Waals surface area (Å²) >= 11 is -0.189. The number of alkyl halides is 3. The lowest BCUT2D eigenvalue weighted by atomic mass is 9.95. The Morgan fingerprint density at radius 3 is 2.42 bits per heavy atom. The zero-order valence-electron chi connectivity index (χ0n) is 14.3. The Kier molecular flexibility index (Phi) is 6.53. The highest BCUT2D eigenvalue weighted by Crippen LogP contribution is 2.37. The van der Waals surface area contributed by atoms with Crippen LogP contribution in [0, 0.1) is 5.92 Å². The molecule has 1 heterocycles. The van der Waals surface area contributed by atoms with Crippen LogP contribution in [0.1, 0.15) is 31.9 Å². The van der Waals surface area contributed by atoms with Crippen molar-refractivity contribution < 1.29 is 22.8 Å². The van der Waals surface area contributed by atoms with Gasteiger partial charge in [0.15, 0.2) is 0 Å². The number of carbonyl (C=O) groups is 2. The summed E-state index contributed by atoms with van der Waals surface area (Å²) in [5.41, 5.74) is 1.94. The highest BCUT2D eigenvalue weighted by molar-refractivity contribution is 8.00. The summed E-state index contributed by atoms with van der Waals surface area (Å²) in [5.74, 6) is -0.722. The smallest absolute Gasteiger partial charge is 0.348 e. The molecular weight excluding hydrogens is 369 g/mol. The van der Waals surface area contributed by atoms with Gasteiger partial charge in [0, 0.05) is 4.90 Å². The predicted octanol–water partition coefficient (Wildman–Crippen LogP) is 1.83. The number of rotatable bonds is 5. The number of nitrogens with one attached hydrogen (secondary N) is 3. The van der Waals surface area contributed by atoms with E-state index < -0.39 is 23.9 Å². The van der Waals surface area contributed by atoms with Crippen molar-refractivity contribution >= 4 is 23.6 Å². The monoisotopic (exact) mass is 390 g/mol. The number of benzene rings is 1. The van der Waals surface area contributed by atoms with E-state index in [1.165, 1.54) is 12.1 Å². The molecule has 2 amide bonds. The van der Waals surface area contributed by atoms with Crippen molar-refractivity contribution in [2.75, 3.05) is 0 Å². The zero-order chi connectivity index (χ0) is 19.5. The lowest BCUT2D eigenvalue weighted by Crippen LogP contribution is -2.64. The molecule has 2 unspecified atom stereocenters. The van der Waals surface area contributed by atoms with Crippen molar-refractivity contribution in [3.8, 4) is 0 Å². The van der Waals surface area contributed by atoms with Crippen LogP contribution in [-0.4, -0.2) is 29.7 Å². The highest BCUT2D eigenvalue weighted by Gasteiger charge is 2.31. The molecule has 0 aliphatic carbocycles. The summed E-state index contributed by atoms with van der Waals surface area (Å²) in [5, 5.41) is 8.08. The van der Waals surface area contributed by atoms with Crippen molar-refractivity contribution in [1.29, 1.82) is 0 Å². The molecule has 1 aromatic carbocycles. The molecule has 26 heavy (non-hydrogen) atoms. The minimum Gasteiger partial charge on any atom is -0.348 e. The van der Waals surface area contributed by atoms with Crippen molar-refractivity contribution in [3.63, 3.8) is 0 Å². The highest BCUT2D eigenvalue weighted by atomic mass is 32.2. The average molecular weight is 390 g/mol. The fourth-order valence-electron chi connectivity index (χ4n) is 2.67. The molecule has 0 aromatic heterocycles. The lowest BCUT2D eigenvalue weighted by Gasteiger charge is -2.31. The van der Waals surface area contributed by atoms with Gasteiger partial charge in [0.2, 0.25) is 11.8 Å². The van der Waals surface area contributed by atoms with Gasteiger partial charge in [-0.3, -0.25) is 20.6 Å². The Hall–Kier alpha value is -1.78. The SMILES string of the molecule is CC(C)[C@@H](NC(=O)C1CC(=O)NC(N)N1)c1ccc(SC(F)(F)F)cc1. The molecule has 0 spiro atoms. The van der Waals surface area contributed by atoms with E-state index in [0.29, 0.717) is 5.56 Å². The third-order valence-electron chi connectivity index (χ3n) is 3.84. The molecule has 10 heteroatoms. The normalized spacial score (nSPS) is 22.0. The van der Waals surface area contributed by atoms with Crippen LogP contribution in [0.15, 0.2) is 29.2 Å². The van der Waals surface area contributed by atoms with E-state index in [2.05, 4.69) is 16.0 Å². The molecule has 1 aliphatic rings. The van der Waals surface area contributed by atoms with Gasteiger partial charge in [0.05, 0.1) is 18.5 Å². The van der Waals surface area contributed by atoms with E-state index in [1.807, 2.05) is 13.8 Å². The van der Waals surface area contributed by atoms with Crippen LogP contribution < -0.4 is 21.7 Å². The molecule has 5 N–H and O–H groups in total. The Balaban J connectivity index is 2.08. The summed E-state index contributed by atoms with van der Waals surface area (Å²) in [6.45, 7) is 3.77. The first-order valence-corrected chi connectivity index (χ1v) is 8.84. The van der Waals surface area contributed by atoms with Crippen LogP contribution in [0.5, 0.6) is 0 Å². The molecule has 144 valence electrons. The Labute approximate surface area is 153 Å². The van der Waals surface area contributed by atoms with Gasteiger partial charge in [-0.15, -0.1) is 0 Å². The minimum absolute atomic E-state index is 0.00819. The van der Waals surface area contributed by atoms with Gasteiger partial charge in [-0.2, -0.15) is 13.2 Å². The zero-order valence-corrected chi connectivity index (χ0v) is 15.1. The molecule has 3 atom stereocenters. The summed E-state index contributed by atoms with van der Waals surface area (Å²) in [6.07, 6.45) is -0.839. The Bertz CT molecular complexity index is 652. The number of halogens is 3. The fraction of sp³-hybridized carbons (Fsp3) is 0.500. The fourth-order valence-corrected chi connectivity index (χ4v) is 3.21. The van der Waals surface area contributed by atoms with Crippen LogP contribution in [0.2, 0.25) is 0 Å². The van der Waals surface area contributed by atoms with Gasteiger partial charge in [0.1, 0.15) is 6.29 Å². The standard InChI is InChI=1S/C16H21F3N4O2S/c1-8(2)13(9-3-5-10(6-4-9)26-16(17,18)19)23-14(25)11-7-12(24)22-15(20)21-11/h3-6,8,11,13,15,21H,7,20H2,1-2H3,(H,22,24)(H,23,25)/t11?,13-,15?/m1/s1. The maximum Gasteiger partial charge on any atom is 0.446 e. The molecule has 0 bridgehead atoms. The summed E-state index contributed by atoms with van der Waals surface area (Å²) in [4.78, 5) is 24.1. The van der Waals surface area contributed by atoms with Crippen molar-refractivity contribution in [1.82, 2.24) is 16.0 Å². The van der Waals surface area contributed by atoms with Crippen LogP contribution >= 0.6 is 11.8 Å². The first-order chi connectivity index (χ1) is 12.0. The number of carbonyl (C=O) groups excluding carboxylic acids is 2. The van der Waals surface area contributed by atoms with E-state index in [0.717, 1.165) is 0 Å². The number of amides is 2. The second-order valence-corrected chi connectivity index (χ2v) is 7.45. The van der Waals surface area contributed by atoms with Crippen molar-refractivity contribution in [2.24, 2.45) is 11.7 Å². The van der Waals surface area contributed by atoms with Gasteiger partial charge in [0.25, 0.3) is 0 Å². The number of hydrogen-bond donors (Lipinski definition) is 4. The summed E-state index contributed by atoms with van der Waals surface area (Å²) in [6, 6.07) is 4.70. The van der Waals surface area contributed by atoms with E-state index in [9.17, 15) is 22.8 Å². The van der Waals surface area contributed by atoms with Gasteiger partial charge >= 0.3 is 5.51 Å². The molecule has 1 aliphatic heterocycles. The second-order valence-electron chi connectivity index (χ2n) is 6.32. The van der Waals surface area contributed by atoms with Crippen LogP contribution in [0.25, 0.3) is 0 Å². The number of thioether (sulfide) groups is 1. The third kappa shape index (κ3) is 5.89. The largest absolute Gasteiger partial charge is 0.446 e. The van der Waals surface area contributed by atoms with Crippen LogP contribution in [0.4, 0.5) is 13.2 Å². The predicted molar refractivity (Wildman–Crippen MR) is 91.7 cm³/mol. The Morgan fingerprint density at radius 2 is 1.92 bits per heavy atom. The van der Waals surface area contributed by atoms with E-state index in [1.54, 1.807) is 12.1 Å². The molecule has 0 saturated carbocycles. The Morgan fingerprint density at radius 1 is 1.31 bits per heavy atom. The van der Waals surface area contributed by atoms with E-state index in [4.69, 9.17) is 5.73 Å². The first-order valence-electron chi connectivity index (χ1n) is 8.02. The number of hydrogen-bond acceptors (Lipinski definition) is 5. The van der Waals surface area contributed by atoms with Crippen LogP contribution in [0.3, 0.4) is 0 Å². The third-order valence-corrected chi connectivity index (χ3v) is 4.58. The summed E-state index contributed by atoms with van der Waals surface area (Å²) in [7, 11) is 0. The number of nitrogens with two attached hydrogens (primary N) is 1. The van der Waals surface area contributed by atoms with E-state index >= 15 is 0 Å². The maximum atomic E-state index is 12.5. The summed E-state index contributed by atoms with van der Waals surface area (Å²) < 4.78 is 37.3. The average Bonchev–Trinajstić information content (AvgIpc) is 2.50. The van der Waals surface area contributed by atoms with Gasteiger partial charge < -0.3 is 10.6 Å². The second kappa shape index (κ2) is 8.28. The molecule has 2 rings (SSSR count). The van der Waals surface area contributed by atoms with Gasteiger partial charge in [-0.1, -0.05) is 26.0 Å². The van der Waals surface area contributed by atoms with Crippen molar-refractivity contribution in [3.05, 3.63) is 29.8 Å². The molecule has 1 fully saturated rings. The molecule has 6 nitrogen and oxygen atoms in total. The van der Waals surface area contributed by atoms with Gasteiger partial charge in [-0.25, -0.2) is 0 Å². The van der Waals surface area contributed by atoms with Crippen LogP contribution in [-0.2, 0) is 9.59 Å². The molecule has 0 radical (unpaired) electrons. The minimum atomic E-state index is -4.35. The van der Waals surface area contributed by atoms with Crippen molar-refractivity contribution in [2.45, 2.75) is 49.0 Å². The topological polar surface area (TPSA) is 96.2 Å². The maximum absolute atomic E-state index is 12.5. The first kappa shape index (κ1) is 20.5. The van der Waals surface area contributed by atoms with E-state index in [-0.39, 0.29) is 40.8 Å². The van der Waals surface area contributed by atoms with Gasteiger partial charge in [-0.05, 0) is 35.4 Å².